The van der Waals surface area contributed by atoms with Gasteiger partial charge in [0.2, 0.25) is 5.91 Å². The molecule has 1 amide bonds. The van der Waals surface area contributed by atoms with E-state index in [0.29, 0.717) is 6.42 Å². The van der Waals surface area contributed by atoms with Crippen LogP contribution in [0, 0.1) is 0 Å². The van der Waals surface area contributed by atoms with E-state index in [0.717, 1.165) is 6.54 Å². The fourth-order valence-electron chi connectivity index (χ4n) is 1.37. The Bertz CT molecular complexity index is 324. The van der Waals surface area contributed by atoms with Gasteiger partial charge in [-0.25, -0.2) is 0 Å². The molecule has 2 nitrogen and oxygen atoms in total. The molecule has 0 saturated heterocycles. The molecule has 2 rings (SSSR count). The smallest absolute Gasteiger partial charge is 0.235 e. The molecular formula is C9H8INO. The molecule has 1 aliphatic heterocycles. The Labute approximate surface area is 85.1 Å². The molecule has 0 aliphatic carbocycles. The second kappa shape index (κ2) is 3.05. The molecule has 1 aromatic carbocycles. The molecule has 12 heavy (non-hydrogen) atoms. The quantitative estimate of drug-likeness (QED) is 0.522. The number of benzene rings is 1. The highest BCUT2D eigenvalue weighted by atomic mass is 127. The summed E-state index contributed by atoms with van der Waals surface area (Å²) in [5.74, 6) is 0.203. The van der Waals surface area contributed by atoms with E-state index >= 15 is 0 Å². The summed E-state index contributed by atoms with van der Waals surface area (Å²) in [4.78, 5) is 11.3. The lowest BCUT2D eigenvalue weighted by Gasteiger charge is -2.22. The number of halogens is 1. The van der Waals surface area contributed by atoms with Crippen LogP contribution in [0.1, 0.15) is 11.1 Å². The van der Waals surface area contributed by atoms with Crippen LogP contribution < -0.4 is 0 Å². The Morgan fingerprint density at radius 2 is 1.92 bits per heavy atom. The number of nitrogens with zero attached hydrogens (tertiary/aromatic N) is 1. The van der Waals surface area contributed by atoms with Crippen LogP contribution in [-0.2, 0) is 17.8 Å². The summed E-state index contributed by atoms with van der Waals surface area (Å²) in [6.45, 7) is 0.746. The number of fused-ring (bicyclic) bond motifs is 1. The normalized spacial score (nSPS) is 16.1. The zero-order chi connectivity index (χ0) is 8.55. The highest BCUT2D eigenvalue weighted by Crippen LogP contribution is 2.21. The lowest BCUT2D eigenvalue weighted by molar-refractivity contribution is -0.125. The number of rotatable bonds is 0. The monoisotopic (exact) mass is 273 g/mol. The zero-order valence-corrected chi connectivity index (χ0v) is 8.61. The highest BCUT2D eigenvalue weighted by Gasteiger charge is 2.19. The molecule has 3 heteroatoms. The van der Waals surface area contributed by atoms with Gasteiger partial charge in [0.15, 0.2) is 0 Å². The Morgan fingerprint density at radius 1 is 1.25 bits per heavy atom. The Balaban J connectivity index is 2.40. The van der Waals surface area contributed by atoms with Crippen LogP contribution in [0.4, 0.5) is 0 Å². The van der Waals surface area contributed by atoms with E-state index in [4.69, 9.17) is 0 Å². The van der Waals surface area contributed by atoms with Gasteiger partial charge in [0, 0.05) is 0 Å². The third-order valence-electron chi connectivity index (χ3n) is 2.04. The Hall–Kier alpha value is -0.580. The fraction of sp³-hybridized carbons (Fsp3) is 0.222. The van der Waals surface area contributed by atoms with Crippen molar-refractivity contribution in [3.63, 3.8) is 0 Å². The van der Waals surface area contributed by atoms with E-state index in [1.165, 1.54) is 11.1 Å². The van der Waals surface area contributed by atoms with Crippen molar-refractivity contribution in [1.82, 2.24) is 3.11 Å². The first-order valence-electron chi connectivity index (χ1n) is 3.80. The molecule has 62 valence electrons. The predicted octanol–water partition coefficient (Wildman–Crippen LogP) is 1.92. The minimum atomic E-state index is 0.203. The summed E-state index contributed by atoms with van der Waals surface area (Å²) in [6, 6.07) is 8.10. The number of carbonyl (C=O) groups is 1. The van der Waals surface area contributed by atoms with Gasteiger partial charge >= 0.3 is 0 Å². The maximum absolute atomic E-state index is 11.3. The van der Waals surface area contributed by atoms with Crippen molar-refractivity contribution in [2.24, 2.45) is 0 Å². The third kappa shape index (κ3) is 1.33. The number of carbonyl (C=O) groups excluding carboxylic acids is 1. The molecule has 0 fully saturated rings. The molecule has 0 spiro atoms. The first-order valence-corrected chi connectivity index (χ1v) is 4.77. The summed E-state index contributed by atoms with van der Waals surface area (Å²) in [5, 5.41) is 0. The first-order chi connectivity index (χ1) is 5.77. The molecule has 0 atom stereocenters. The fourth-order valence-corrected chi connectivity index (χ4v) is 1.91. The largest absolute Gasteiger partial charge is 0.280 e. The van der Waals surface area contributed by atoms with Crippen LogP contribution >= 0.6 is 22.9 Å². The minimum absolute atomic E-state index is 0.203. The van der Waals surface area contributed by atoms with Crippen molar-refractivity contribution >= 4 is 28.8 Å². The van der Waals surface area contributed by atoms with Crippen molar-refractivity contribution in [3.05, 3.63) is 35.4 Å². The van der Waals surface area contributed by atoms with Gasteiger partial charge in [-0.15, -0.1) is 0 Å². The van der Waals surface area contributed by atoms with Gasteiger partial charge in [0.25, 0.3) is 0 Å². The van der Waals surface area contributed by atoms with Crippen LogP contribution in [0.3, 0.4) is 0 Å². The van der Waals surface area contributed by atoms with Gasteiger partial charge in [-0.3, -0.25) is 7.91 Å². The molecule has 0 bridgehead atoms. The molecule has 1 heterocycles. The van der Waals surface area contributed by atoms with E-state index in [9.17, 15) is 4.79 Å². The number of amides is 1. The van der Waals surface area contributed by atoms with E-state index in [2.05, 4.69) is 28.9 Å². The minimum Gasteiger partial charge on any atom is -0.280 e. The maximum Gasteiger partial charge on any atom is 0.235 e. The van der Waals surface area contributed by atoms with Crippen LogP contribution in [0.25, 0.3) is 0 Å². The highest BCUT2D eigenvalue weighted by molar-refractivity contribution is 14.1. The van der Waals surface area contributed by atoms with Crippen LogP contribution in [0.15, 0.2) is 24.3 Å². The lowest BCUT2D eigenvalue weighted by atomic mass is 10.0. The molecule has 0 unspecified atom stereocenters. The number of hydrogen-bond donors (Lipinski definition) is 0. The van der Waals surface area contributed by atoms with Gasteiger partial charge in [0.1, 0.15) is 0 Å². The van der Waals surface area contributed by atoms with E-state index in [-0.39, 0.29) is 5.91 Å². The SMILES string of the molecule is O=C1Cc2ccccc2CN1I. The molecule has 1 aromatic rings. The van der Waals surface area contributed by atoms with Gasteiger partial charge in [-0.2, -0.15) is 0 Å². The molecule has 0 saturated carbocycles. The molecule has 0 aromatic heterocycles. The summed E-state index contributed by atoms with van der Waals surface area (Å²) < 4.78 is 1.74. The maximum atomic E-state index is 11.3. The van der Waals surface area contributed by atoms with Crippen molar-refractivity contribution in [2.75, 3.05) is 0 Å². The summed E-state index contributed by atoms with van der Waals surface area (Å²) in [5.41, 5.74) is 2.45. The van der Waals surface area contributed by atoms with Crippen molar-refractivity contribution < 1.29 is 4.79 Å². The summed E-state index contributed by atoms with van der Waals surface area (Å²) in [7, 11) is 0. The summed E-state index contributed by atoms with van der Waals surface area (Å²) in [6.07, 6.45) is 0.555. The molecular weight excluding hydrogens is 265 g/mol. The van der Waals surface area contributed by atoms with Crippen LogP contribution in [0.2, 0.25) is 0 Å². The zero-order valence-electron chi connectivity index (χ0n) is 6.46. The molecule has 1 aliphatic rings. The van der Waals surface area contributed by atoms with Crippen LogP contribution in [-0.4, -0.2) is 9.02 Å². The Kier molecular flexibility index (Phi) is 2.04. The Morgan fingerprint density at radius 3 is 2.67 bits per heavy atom. The van der Waals surface area contributed by atoms with Crippen molar-refractivity contribution in [3.8, 4) is 0 Å². The van der Waals surface area contributed by atoms with E-state index in [1.807, 2.05) is 18.2 Å². The lowest BCUT2D eigenvalue weighted by Crippen LogP contribution is -2.27. The standard InChI is InChI=1S/C9H8INO/c10-11-6-8-4-2-1-3-7(8)5-9(11)12/h1-4H,5-6H2. The van der Waals surface area contributed by atoms with Crippen LogP contribution in [0.5, 0.6) is 0 Å². The van der Waals surface area contributed by atoms with E-state index in [1.54, 1.807) is 3.11 Å². The van der Waals surface area contributed by atoms with Crippen molar-refractivity contribution in [2.45, 2.75) is 13.0 Å². The average molecular weight is 273 g/mol. The number of hydrogen-bond acceptors (Lipinski definition) is 1. The van der Waals surface area contributed by atoms with Crippen molar-refractivity contribution in [1.29, 1.82) is 0 Å². The van der Waals surface area contributed by atoms with Gasteiger partial charge in [-0.1, -0.05) is 24.3 Å². The van der Waals surface area contributed by atoms with E-state index < -0.39 is 0 Å². The molecule has 0 N–H and O–H groups in total. The summed E-state index contributed by atoms with van der Waals surface area (Å²) >= 11 is 2.06. The van der Waals surface area contributed by atoms with Gasteiger partial charge < -0.3 is 0 Å². The average Bonchev–Trinajstić information content (AvgIpc) is 2.07. The second-order valence-corrected chi connectivity index (χ2v) is 4.02. The predicted molar refractivity (Wildman–Crippen MR) is 54.7 cm³/mol. The van der Waals surface area contributed by atoms with Gasteiger partial charge in [0.05, 0.1) is 35.8 Å². The third-order valence-corrected chi connectivity index (χ3v) is 2.92. The molecule has 0 radical (unpaired) electrons. The van der Waals surface area contributed by atoms with Gasteiger partial charge in [-0.05, 0) is 11.1 Å². The first kappa shape index (κ1) is 8.04. The topological polar surface area (TPSA) is 20.3 Å². The second-order valence-electron chi connectivity index (χ2n) is 2.86.